The lowest BCUT2D eigenvalue weighted by Gasteiger charge is -2.15. The number of rotatable bonds is 5. The first-order valence-corrected chi connectivity index (χ1v) is 7.11. The summed E-state index contributed by atoms with van der Waals surface area (Å²) >= 11 is 11.8. The highest BCUT2D eigenvalue weighted by molar-refractivity contribution is 6.42. The van der Waals surface area contributed by atoms with E-state index in [0.717, 1.165) is 11.1 Å². The molecule has 0 aliphatic carbocycles. The van der Waals surface area contributed by atoms with Crippen molar-refractivity contribution in [2.75, 3.05) is 6.61 Å². The average Bonchev–Trinajstić information content (AvgIpc) is 2.38. The number of benzene rings is 1. The standard InChI is InChI=1S/C15H17Cl2NO3/c1-9(2)6-15(20)21-8-14(19)18-10(3)11-4-5-12(16)13(17)7-11/h4-7,10H,8H2,1-3H3,(H,18,19). The SMILES string of the molecule is CC(C)=CC(=O)OCC(=O)NC(C)c1ccc(Cl)c(Cl)c1. The fourth-order valence-corrected chi connectivity index (χ4v) is 1.87. The molecule has 0 saturated carbocycles. The third-order valence-electron chi connectivity index (χ3n) is 2.57. The molecule has 0 aliphatic rings. The summed E-state index contributed by atoms with van der Waals surface area (Å²) in [6.07, 6.45) is 1.33. The number of hydrogen-bond donors (Lipinski definition) is 1. The van der Waals surface area contributed by atoms with Gasteiger partial charge in [0.15, 0.2) is 6.61 Å². The minimum Gasteiger partial charge on any atom is -0.452 e. The number of ether oxygens (including phenoxy) is 1. The summed E-state index contributed by atoms with van der Waals surface area (Å²) in [5, 5.41) is 3.59. The van der Waals surface area contributed by atoms with Gasteiger partial charge in [-0.25, -0.2) is 4.79 Å². The maximum atomic E-state index is 11.7. The largest absolute Gasteiger partial charge is 0.452 e. The predicted molar refractivity (Wildman–Crippen MR) is 83.4 cm³/mol. The van der Waals surface area contributed by atoms with Crippen LogP contribution in [-0.4, -0.2) is 18.5 Å². The lowest BCUT2D eigenvalue weighted by atomic mass is 10.1. The van der Waals surface area contributed by atoms with Crippen molar-refractivity contribution < 1.29 is 14.3 Å². The first kappa shape index (κ1) is 17.5. The van der Waals surface area contributed by atoms with Gasteiger partial charge >= 0.3 is 5.97 Å². The highest BCUT2D eigenvalue weighted by atomic mass is 35.5. The zero-order valence-corrected chi connectivity index (χ0v) is 13.6. The molecule has 1 amide bonds. The highest BCUT2D eigenvalue weighted by Gasteiger charge is 2.12. The lowest BCUT2D eigenvalue weighted by Crippen LogP contribution is -2.30. The number of amides is 1. The smallest absolute Gasteiger partial charge is 0.331 e. The predicted octanol–water partition coefficient (Wildman–Crippen LogP) is 3.68. The number of esters is 1. The average molecular weight is 330 g/mol. The molecule has 0 spiro atoms. The second-order valence-corrected chi connectivity index (χ2v) is 5.61. The summed E-state index contributed by atoms with van der Waals surface area (Å²) < 4.78 is 4.82. The quantitative estimate of drug-likeness (QED) is 0.662. The molecular weight excluding hydrogens is 313 g/mol. The minimum atomic E-state index is -0.535. The van der Waals surface area contributed by atoms with E-state index in [1.165, 1.54) is 6.08 Å². The topological polar surface area (TPSA) is 55.4 Å². The third kappa shape index (κ3) is 6.19. The summed E-state index contributed by atoms with van der Waals surface area (Å²) in [5.74, 6) is -0.920. The fraction of sp³-hybridized carbons (Fsp3) is 0.333. The van der Waals surface area contributed by atoms with Gasteiger partial charge in [0.05, 0.1) is 16.1 Å². The number of allylic oxidation sites excluding steroid dienone is 1. The molecule has 0 heterocycles. The maximum absolute atomic E-state index is 11.7. The van der Waals surface area contributed by atoms with Crippen molar-refractivity contribution in [1.82, 2.24) is 5.32 Å². The molecule has 0 fully saturated rings. The Hall–Kier alpha value is -1.52. The molecule has 4 nitrogen and oxygen atoms in total. The van der Waals surface area contributed by atoms with Crippen LogP contribution in [0.1, 0.15) is 32.4 Å². The molecule has 1 rings (SSSR count). The van der Waals surface area contributed by atoms with Gasteiger partial charge in [-0.15, -0.1) is 0 Å². The molecule has 1 N–H and O–H groups in total. The van der Waals surface area contributed by atoms with Gasteiger partial charge < -0.3 is 10.1 Å². The van der Waals surface area contributed by atoms with Crippen LogP contribution in [0.5, 0.6) is 0 Å². The van der Waals surface area contributed by atoms with Crippen molar-refractivity contribution in [1.29, 1.82) is 0 Å². The Labute approximate surface area is 134 Å². The van der Waals surface area contributed by atoms with Crippen LogP contribution in [-0.2, 0) is 14.3 Å². The molecule has 1 aromatic rings. The van der Waals surface area contributed by atoms with Crippen LogP contribution in [0.25, 0.3) is 0 Å². The van der Waals surface area contributed by atoms with Crippen molar-refractivity contribution in [2.45, 2.75) is 26.8 Å². The Morgan fingerprint density at radius 1 is 1.29 bits per heavy atom. The second-order valence-electron chi connectivity index (χ2n) is 4.79. The van der Waals surface area contributed by atoms with E-state index in [2.05, 4.69) is 5.32 Å². The van der Waals surface area contributed by atoms with Crippen LogP contribution in [0.4, 0.5) is 0 Å². The van der Waals surface area contributed by atoms with Crippen molar-refractivity contribution >= 4 is 35.1 Å². The molecular formula is C15H17Cl2NO3. The molecule has 0 aromatic heterocycles. The molecule has 6 heteroatoms. The van der Waals surface area contributed by atoms with Crippen molar-refractivity contribution in [3.05, 3.63) is 45.5 Å². The third-order valence-corrected chi connectivity index (χ3v) is 3.31. The number of carbonyl (C=O) groups excluding carboxylic acids is 2. The van der Waals surface area contributed by atoms with Crippen LogP contribution in [0.2, 0.25) is 10.0 Å². The summed E-state index contributed by atoms with van der Waals surface area (Å²) in [7, 11) is 0. The number of halogens is 2. The molecule has 1 unspecified atom stereocenters. The first-order valence-electron chi connectivity index (χ1n) is 6.35. The van der Waals surface area contributed by atoms with Crippen LogP contribution in [0.3, 0.4) is 0 Å². The lowest BCUT2D eigenvalue weighted by molar-refractivity contribution is -0.144. The van der Waals surface area contributed by atoms with E-state index in [0.29, 0.717) is 10.0 Å². The van der Waals surface area contributed by atoms with Gasteiger partial charge in [0, 0.05) is 6.08 Å². The summed E-state index contributed by atoms with van der Waals surface area (Å²) in [6, 6.07) is 4.85. The zero-order valence-electron chi connectivity index (χ0n) is 12.1. The molecule has 114 valence electrons. The van der Waals surface area contributed by atoms with Crippen molar-refractivity contribution in [2.24, 2.45) is 0 Å². The Kier molecular flexibility index (Phi) is 6.72. The Balaban J connectivity index is 2.52. The molecule has 0 radical (unpaired) electrons. The molecule has 0 aliphatic heterocycles. The fourth-order valence-electron chi connectivity index (χ4n) is 1.56. The van der Waals surface area contributed by atoms with E-state index in [1.54, 1.807) is 39.0 Å². The zero-order chi connectivity index (χ0) is 16.0. The summed E-state index contributed by atoms with van der Waals surface area (Å²) in [6.45, 7) is 5.02. The van der Waals surface area contributed by atoms with Crippen LogP contribution in [0.15, 0.2) is 29.8 Å². The van der Waals surface area contributed by atoms with Gasteiger partial charge in [0.25, 0.3) is 5.91 Å². The number of carbonyl (C=O) groups is 2. The number of hydrogen-bond acceptors (Lipinski definition) is 3. The van der Waals surface area contributed by atoms with E-state index in [-0.39, 0.29) is 18.6 Å². The summed E-state index contributed by atoms with van der Waals surface area (Å²) in [4.78, 5) is 23.0. The van der Waals surface area contributed by atoms with E-state index in [1.807, 2.05) is 0 Å². The molecule has 1 aromatic carbocycles. The van der Waals surface area contributed by atoms with Gasteiger partial charge in [-0.05, 0) is 38.5 Å². The van der Waals surface area contributed by atoms with Gasteiger partial charge in [0.1, 0.15) is 0 Å². The minimum absolute atomic E-state index is 0.269. The van der Waals surface area contributed by atoms with Crippen molar-refractivity contribution in [3.8, 4) is 0 Å². The maximum Gasteiger partial charge on any atom is 0.331 e. The molecule has 0 bridgehead atoms. The number of nitrogens with one attached hydrogen (secondary N) is 1. The van der Waals surface area contributed by atoms with Crippen LogP contribution in [0, 0.1) is 0 Å². The van der Waals surface area contributed by atoms with Gasteiger partial charge in [-0.3, -0.25) is 4.79 Å². The van der Waals surface area contributed by atoms with E-state index < -0.39 is 5.97 Å². The highest BCUT2D eigenvalue weighted by Crippen LogP contribution is 2.25. The van der Waals surface area contributed by atoms with E-state index in [9.17, 15) is 9.59 Å². The van der Waals surface area contributed by atoms with Gasteiger partial charge in [-0.2, -0.15) is 0 Å². The van der Waals surface area contributed by atoms with E-state index >= 15 is 0 Å². The van der Waals surface area contributed by atoms with Crippen LogP contribution >= 0.6 is 23.2 Å². The van der Waals surface area contributed by atoms with Gasteiger partial charge in [0.2, 0.25) is 0 Å². The molecule has 21 heavy (non-hydrogen) atoms. The molecule has 1 atom stereocenters. The summed E-state index contributed by atoms with van der Waals surface area (Å²) in [5.41, 5.74) is 1.62. The van der Waals surface area contributed by atoms with Gasteiger partial charge in [-0.1, -0.05) is 34.8 Å². The second kappa shape index (κ2) is 8.05. The Morgan fingerprint density at radius 3 is 2.52 bits per heavy atom. The first-order chi connectivity index (χ1) is 9.79. The van der Waals surface area contributed by atoms with E-state index in [4.69, 9.17) is 27.9 Å². The normalized spacial score (nSPS) is 11.5. The monoisotopic (exact) mass is 329 g/mol. The Bertz CT molecular complexity index is 566. The molecule has 0 saturated heterocycles. The Morgan fingerprint density at radius 2 is 1.95 bits per heavy atom. The van der Waals surface area contributed by atoms with Crippen LogP contribution < -0.4 is 5.32 Å². The van der Waals surface area contributed by atoms with Crippen molar-refractivity contribution in [3.63, 3.8) is 0 Å².